The van der Waals surface area contributed by atoms with Gasteiger partial charge >= 0.3 is 5.97 Å². The number of hydrogen-bond acceptors (Lipinski definition) is 5. The van der Waals surface area contributed by atoms with Crippen molar-refractivity contribution in [3.63, 3.8) is 0 Å². The van der Waals surface area contributed by atoms with E-state index in [1.807, 2.05) is 6.07 Å². The number of hydrogen-bond donors (Lipinski definition) is 2. The van der Waals surface area contributed by atoms with E-state index in [9.17, 15) is 4.79 Å². The van der Waals surface area contributed by atoms with Gasteiger partial charge in [-0.3, -0.25) is 4.79 Å². The van der Waals surface area contributed by atoms with E-state index in [1.54, 1.807) is 12.3 Å². The topological polar surface area (TPSA) is 88.2 Å². The first-order valence-corrected chi connectivity index (χ1v) is 4.43. The van der Waals surface area contributed by atoms with Crippen LogP contribution in [0.3, 0.4) is 0 Å². The highest BCUT2D eigenvalue weighted by molar-refractivity contribution is 5.73. The molecule has 0 saturated carbocycles. The first-order valence-electron chi connectivity index (χ1n) is 4.43. The lowest BCUT2D eigenvalue weighted by Crippen LogP contribution is -2.08. The molecule has 0 unspecified atom stereocenters. The minimum Gasteiger partial charge on any atom is -0.481 e. The highest BCUT2D eigenvalue weighted by Crippen LogP contribution is 2.13. The van der Waals surface area contributed by atoms with Gasteiger partial charge in [0.1, 0.15) is 5.82 Å². The standard InChI is InChI=1S/C9H9N3O3/c13-8(14)3-4-10-7-2-1-6-5-11-15-9(6)12-7/h1-2,5H,3-4H2,(H,10,12)(H,13,14). The Morgan fingerprint density at radius 1 is 1.53 bits per heavy atom. The summed E-state index contributed by atoms with van der Waals surface area (Å²) < 4.78 is 4.87. The zero-order valence-electron chi connectivity index (χ0n) is 7.80. The van der Waals surface area contributed by atoms with Crippen LogP contribution in [-0.2, 0) is 4.79 Å². The van der Waals surface area contributed by atoms with Gasteiger partial charge in [-0.2, -0.15) is 4.98 Å². The van der Waals surface area contributed by atoms with Gasteiger partial charge in [0.25, 0.3) is 5.71 Å². The molecule has 0 fully saturated rings. The smallest absolute Gasteiger partial charge is 0.305 e. The third-order valence-corrected chi connectivity index (χ3v) is 1.87. The van der Waals surface area contributed by atoms with Crippen molar-refractivity contribution in [3.8, 4) is 0 Å². The predicted octanol–water partition coefficient (Wildman–Crippen LogP) is 1.11. The molecule has 0 saturated heterocycles. The Kier molecular flexibility index (Phi) is 2.49. The maximum Gasteiger partial charge on any atom is 0.305 e. The van der Waals surface area contributed by atoms with Gasteiger partial charge in [0.05, 0.1) is 18.0 Å². The molecule has 2 aromatic rings. The maximum atomic E-state index is 10.3. The summed E-state index contributed by atoms with van der Waals surface area (Å²) >= 11 is 0. The summed E-state index contributed by atoms with van der Waals surface area (Å²) in [5.74, 6) is -0.260. The van der Waals surface area contributed by atoms with Crippen LogP contribution in [0, 0.1) is 0 Å². The second-order valence-electron chi connectivity index (χ2n) is 2.99. The lowest BCUT2D eigenvalue weighted by atomic mass is 10.3. The molecule has 0 radical (unpaired) electrons. The first-order chi connectivity index (χ1) is 7.25. The van der Waals surface area contributed by atoms with E-state index >= 15 is 0 Å². The van der Waals surface area contributed by atoms with Gasteiger partial charge in [-0.15, -0.1) is 0 Å². The van der Waals surface area contributed by atoms with Gasteiger partial charge in [0, 0.05) is 6.54 Å². The molecule has 0 bridgehead atoms. The van der Waals surface area contributed by atoms with E-state index in [2.05, 4.69) is 15.5 Å². The molecule has 0 aliphatic rings. The van der Waals surface area contributed by atoms with E-state index in [4.69, 9.17) is 9.63 Å². The zero-order chi connectivity index (χ0) is 10.7. The van der Waals surface area contributed by atoms with Crippen LogP contribution >= 0.6 is 0 Å². The van der Waals surface area contributed by atoms with Gasteiger partial charge in [0.15, 0.2) is 0 Å². The molecule has 2 heterocycles. The number of rotatable bonds is 4. The fourth-order valence-electron chi connectivity index (χ4n) is 1.15. The van der Waals surface area contributed by atoms with Crippen LogP contribution < -0.4 is 5.32 Å². The molecule has 0 aliphatic heterocycles. The molecule has 15 heavy (non-hydrogen) atoms. The van der Waals surface area contributed by atoms with Crippen LogP contribution in [0.1, 0.15) is 6.42 Å². The van der Waals surface area contributed by atoms with Gasteiger partial charge in [-0.25, -0.2) is 0 Å². The van der Waals surface area contributed by atoms with E-state index in [0.717, 1.165) is 5.39 Å². The molecule has 2 rings (SSSR count). The molecule has 78 valence electrons. The molecule has 0 atom stereocenters. The van der Waals surface area contributed by atoms with Crippen molar-refractivity contribution >= 4 is 22.9 Å². The van der Waals surface area contributed by atoms with Gasteiger partial charge < -0.3 is 14.9 Å². The van der Waals surface area contributed by atoms with Crippen molar-refractivity contribution in [1.29, 1.82) is 0 Å². The summed E-state index contributed by atoms with van der Waals surface area (Å²) in [7, 11) is 0. The lowest BCUT2D eigenvalue weighted by molar-refractivity contribution is -0.136. The van der Waals surface area contributed by atoms with Crippen molar-refractivity contribution in [2.45, 2.75) is 6.42 Å². The van der Waals surface area contributed by atoms with Gasteiger partial charge in [0.2, 0.25) is 0 Å². The average molecular weight is 207 g/mol. The summed E-state index contributed by atoms with van der Waals surface area (Å²) in [5, 5.41) is 15.7. The summed E-state index contributed by atoms with van der Waals surface area (Å²) in [6, 6.07) is 3.56. The highest BCUT2D eigenvalue weighted by Gasteiger charge is 2.02. The largest absolute Gasteiger partial charge is 0.481 e. The van der Waals surface area contributed by atoms with Crippen molar-refractivity contribution in [3.05, 3.63) is 18.3 Å². The van der Waals surface area contributed by atoms with Crippen molar-refractivity contribution in [2.75, 3.05) is 11.9 Å². The molecule has 2 N–H and O–H groups in total. The van der Waals surface area contributed by atoms with E-state index in [-0.39, 0.29) is 6.42 Å². The molecular weight excluding hydrogens is 198 g/mol. The highest BCUT2D eigenvalue weighted by atomic mass is 16.5. The van der Waals surface area contributed by atoms with Crippen LogP contribution in [0.4, 0.5) is 5.82 Å². The first kappa shape index (κ1) is 9.45. The molecule has 0 aromatic carbocycles. The Labute approximate surface area is 84.9 Å². The Morgan fingerprint density at radius 3 is 3.20 bits per heavy atom. The Hall–Kier alpha value is -2.11. The normalized spacial score (nSPS) is 10.4. The minimum atomic E-state index is -0.844. The SMILES string of the molecule is O=C(O)CCNc1ccc2cnoc2n1. The summed E-state index contributed by atoms with van der Waals surface area (Å²) in [4.78, 5) is 14.4. The molecule has 6 nitrogen and oxygen atoms in total. The number of carboxylic acids is 1. The average Bonchev–Trinajstić information content (AvgIpc) is 2.64. The maximum absolute atomic E-state index is 10.3. The summed E-state index contributed by atoms with van der Waals surface area (Å²) in [5.41, 5.74) is 0.440. The number of anilines is 1. The van der Waals surface area contributed by atoms with E-state index in [1.165, 1.54) is 0 Å². The fraction of sp³-hybridized carbons (Fsp3) is 0.222. The molecule has 6 heteroatoms. The van der Waals surface area contributed by atoms with Crippen LogP contribution in [0.2, 0.25) is 0 Å². The number of aliphatic carboxylic acids is 1. The number of carboxylic acid groups (broad SMARTS) is 1. The molecule has 0 aliphatic carbocycles. The van der Waals surface area contributed by atoms with Gasteiger partial charge in [-0.1, -0.05) is 5.16 Å². The number of nitrogens with zero attached hydrogens (tertiary/aromatic N) is 2. The fourth-order valence-corrected chi connectivity index (χ4v) is 1.15. The lowest BCUT2D eigenvalue weighted by Gasteiger charge is -2.01. The third-order valence-electron chi connectivity index (χ3n) is 1.87. The summed E-state index contributed by atoms with van der Waals surface area (Å²) in [6.45, 7) is 0.335. The third kappa shape index (κ3) is 2.22. The quantitative estimate of drug-likeness (QED) is 0.780. The van der Waals surface area contributed by atoms with Crippen molar-refractivity contribution in [2.24, 2.45) is 0 Å². The van der Waals surface area contributed by atoms with Crippen LogP contribution in [0.25, 0.3) is 11.1 Å². The monoisotopic (exact) mass is 207 g/mol. The Bertz CT molecular complexity index is 480. The second kappa shape index (κ2) is 3.95. The minimum absolute atomic E-state index is 0.0517. The van der Waals surface area contributed by atoms with E-state index < -0.39 is 5.97 Å². The van der Waals surface area contributed by atoms with E-state index in [0.29, 0.717) is 18.1 Å². The van der Waals surface area contributed by atoms with Crippen LogP contribution in [-0.4, -0.2) is 27.8 Å². The van der Waals surface area contributed by atoms with Crippen LogP contribution in [0.15, 0.2) is 22.9 Å². The Morgan fingerprint density at radius 2 is 2.40 bits per heavy atom. The second-order valence-corrected chi connectivity index (χ2v) is 2.99. The Balaban J connectivity index is 2.04. The molecular formula is C9H9N3O3. The molecule has 0 spiro atoms. The number of fused-ring (bicyclic) bond motifs is 1. The zero-order valence-corrected chi connectivity index (χ0v) is 7.80. The number of carbonyl (C=O) groups is 1. The number of aromatic nitrogens is 2. The number of nitrogens with one attached hydrogen (secondary N) is 1. The molecule has 0 amide bonds. The predicted molar refractivity (Wildman–Crippen MR) is 52.5 cm³/mol. The summed E-state index contributed by atoms with van der Waals surface area (Å²) in [6.07, 6.45) is 1.62. The molecule has 2 aromatic heterocycles. The van der Waals surface area contributed by atoms with Crippen LogP contribution in [0.5, 0.6) is 0 Å². The number of pyridine rings is 1. The van der Waals surface area contributed by atoms with Gasteiger partial charge in [-0.05, 0) is 12.1 Å². The van der Waals surface area contributed by atoms with Crippen molar-refractivity contribution in [1.82, 2.24) is 10.1 Å². The van der Waals surface area contributed by atoms with Crippen molar-refractivity contribution < 1.29 is 14.4 Å².